The van der Waals surface area contributed by atoms with Crippen LogP contribution in [0, 0.1) is 0 Å². The van der Waals surface area contributed by atoms with Crippen LogP contribution in [0.4, 0.5) is 0 Å². The third-order valence-corrected chi connectivity index (χ3v) is 5.40. The molecular formula is C14H11BrCl2OS. The molecule has 0 spiro atoms. The van der Waals surface area contributed by atoms with E-state index < -0.39 is 6.10 Å². The van der Waals surface area contributed by atoms with Gasteiger partial charge in [-0.2, -0.15) is 0 Å². The van der Waals surface area contributed by atoms with E-state index in [2.05, 4.69) is 15.9 Å². The second-order valence-electron chi connectivity index (χ2n) is 3.93. The van der Waals surface area contributed by atoms with E-state index >= 15 is 0 Å². The fourth-order valence-electron chi connectivity index (χ4n) is 1.55. The lowest BCUT2D eigenvalue weighted by Gasteiger charge is -2.12. The van der Waals surface area contributed by atoms with Gasteiger partial charge in [-0.1, -0.05) is 41.4 Å². The zero-order valence-corrected chi connectivity index (χ0v) is 13.7. The van der Waals surface area contributed by atoms with Crippen LogP contribution in [0.25, 0.3) is 0 Å². The van der Waals surface area contributed by atoms with Crippen LogP contribution in [0.15, 0.2) is 51.8 Å². The van der Waals surface area contributed by atoms with E-state index in [0.717, 1.165) is 14.9 Å². The van der Waals surface area contributed by atoms with Crippen LogP contribution < -0.4 is 0 Å². The molecule has 0 amide bonds. The van der Waals surface area contributed by atoms with Crippen molar-refractivity contribution in [3.63, 3.8) is 0 Å². The molecule has 0 bridgehead atoms. The third kappa shape index (κ3) is 4.14. The van der Waals surface area contributed by atoms with Crippen molar-refractivity contribution in [1.82, 2.24) is 0 Å². The highest BCUT2D eigenvalue weighted by molar-refractivity contribution is 9.10. The minimum absolute atomic E-state index is 0.462. The van der Waals surface area contributed by atoms with Crippen LogP contribution in [0.3, 0.4) is 0 Å². The van der Waals surface area contributed by atoms with Gasteiger partial charge in [-0.05, 0) is 45.8 Å². The van der Waals surface area contributed by atoms with Crippen LogP contribution in [-0.2, 0) is 0 Å². The summed E-state index contributed by atoms with van der Waals surface area (Å²) in [4.78, 5) is 1.10. The van der Waals surface area contributed by atoms with Gasteiger partial charge in [0.1, 0.15) is 0 Å². The summed E-state index contributed by atoms with van der Waals surface area (Å²) >= 11 is 16.9. The quantitative estimate of drug-likeness (QED) is 0.701. The second-order valence-corrected chi connectivity index (χ2v) is 6.66. The number of hydrogen-bond acceptors (Lipinski definition) is 2. The normalized spacial score (nSPS) is 12.4. The van der Waals surface area contributed by atoms with Crippen LogP contribution >= 0.6 is 50.9 Å². The number of rotatable bonds is 4. The molecule has 1 N–H and O–H groups in total. The summed E-state index contributed by atoms with van der Waals surface area (Å²) in [6.45, 7) is 0. The van der Waals surface area contributed by atoms with E-state index in [4.69, 9.17) is 23.2 Å². The maximum absolute atomic E-state index is 10.2. The Hall–Kier alpha value is -0.190. The summed E-state index contributed by atoms with van der Waals surface area (Å²) in [5, 5.41) is 11.1. The Labute approximate surface area is 135 Å². The van der Waals surface area contributed by atoms with Gasteiger partial charge in [-0.25, -0.2) is 0 Å². The van der Waals surface area contributed by atoms with Gasteiger partial charge >= 0.3 is 0 Å². The molecule has 2 rings (SSSR count). The summed E-state index contributed by atoms with van der Waals surface area (Å²) in [5.41, 5.74) is 0.772. The first kappa shape index (κ1) is 15.2. The van der Waals surface area contributed by atoms with E-state index in [9.17, 15) is 5.11 Å². The summed E-state index contributed by atoms with van der Waals surface area (Å²) in [6, 6.07) is 13.1. The minimum Gasteiger partial charge on any atom is -0.388 e. The van der Waals surface area contributed by atoms with Crippen molar-refractivity contribution >= 4 is 50.9 Å². The number of hydrogen-bond donors (Lipinski definition) is 1. The predicted molar refractivity (Wildman–Crippen MR) is 86.3 cm³/mol. The van der Waals surface area contributed by atoms with Gasteiger partial charge in [0.2, 0.25) is 0 Å². The molecule has 0 aromatic heterocycles. The number of benzene rings is 2. The Bertz CT molecular complexity index is 577. The van der Waals surface area contributed by atoms with Crippen molar-refractivity contribution in [2.75, 3.05) is 5.75 Å². The molecule has 5 heteroatoms. The van der Waals surface area contributed by atoms with Gasteiger partial charge in [0.25, 0.3) is 0 Å². The lowest BCUT2D eigenvalue weighted by molar-refractivity contribution is 0.204. The van der Waals surface area contributed by atoms with Crippen LogP contribution in [-0.4, -0.2) is 10.9 Å². The van der Waals surface area contributed by atoms with Gasteiger partial charge in [0.15, 0.2) is 0 Å². The first-order valence-corrected chi connectivity index (χ1v) is 8.11. The molecule has 0 aliphatic rings. The summed E-state index contributed by atoms with van der Waals surface area (Å²) in [6.07, 6.45) is -0.577. The summed E-state index contributed by atoms with van der Waals surface area (Å²) in [5.74, 6) is 0.556. The fraction of sp³-hybridized carbons (Fsp3) is 0.143. The highest BCUT2D eigenvalue weighted by Gasteiger charge is 2.11. The molecule has 1 nitrogen and oxygen atoms in total. The Balaban J connectivity index is 2.03. The molecule has 2 aromatic carbocycles. The second kappa shape index (κ2) is 7.00. The average Bonchev–Trinajstić information content (AvgIpc) is 2.40. The highest BCUT2D eigenvalue weighted by Crippen LogP contribution is 2.32. The standard InChI is InChI=1S/C14H11BrCl2OS/c15-10-3-1-2-4-14(10)19-8-13(18)9-5-6-11(16)12(17)7-9/h1-7,13,18H,8H2. The van der Waals surface area contributed by atoms with Gasteiger partial charge in [-0.3, -0.25) is 0 Å². The fourth-order valence-corrected chi connectivity index (χ4v) is 3.39. The Kier molecular flexibility index (Phi) is 5.60. The molecule has 0 heterocycles. The molecule has 0 radical (unpaired) electrons. The van der Waals surface area contributed by atoms with Crippen molar-refractivity contribution in [1.29, 1.82) is 0 Å². The van der Waals surface area contributed by atoms with Crippen molar-refractivity contribution in [2.24, 2.45) is 0 Å². The smallest absolute Gasteiger partial charge is 0.0884 e. The maximum atomic E-state index is 10.2. The first-order chi connectivity index (χ1) is 9.08. The first-order valence-electron chi connectivity index (χ1n) is 5.58. The predicted octanol–water partition coefficient (Wildman–Crippen LogP) is 5.58. The van der Waals surface area contributed by atoms with Crippen LogP contribution in [0.5, 0.6) is 0 Å². The van der Waals surface area contributed by atoms with Crippen LogP contribution in [0.1, 0.15) is 11.7 Å². The molecule has 0 saturated carbocycles. The largest absolute Gasteiger partial charge is 0.388 e. The van der Waals surface area contributed by atoms with E-state index in [1.54, 1.807) is 30.0 Å². The number of thioether (sulfide) groups is 1. The van der Waals surface area contributed by atoms with Crippen LogP contribution in [0.2, 0.25) is 10.0 Å². The Morgan fingerprint density at radius 1 is 1.11 bits per heavy atom. The number of halogens is 3. The molecule has 0 aliphatic heterocycles. The van der Waals surface area contributed by atoms with Gasteiger partial charge in [-0.15, -0.1) is 11.8 Å². The average molecular weight is 378 g/mol. The topological polar surface area (TPSA) is 20.2 Å². The summed E-state index contributed by atoms with van der Waals surface area (Å²) in [7, 11) is 0. The highest BCUT2D eigenvalue weighted by atomic mass is 79.9. The molecule has 1 atom stereocenters. The van der Waals surface area contributed by atoms with E-state index in [1.807, 2.05) is 24.3 Å². The van der Waals surface area contributed by atoms with Gasteiger partial charge in [0.05, 0.1) is 16.1 Å². The zero-order chi connectivity index (χ0) is 13.8. The zero-order valence-electron chi connectivity index (χ0n) is 9.82. The van der Waals surface area contributed by atoms with Gasteiger partial charge in [0, 0.05) is 15.1 Å². The van der Waals surface area contributed by atoms with Gasteiger partial charge < -0.3 is 5.11 Å². The minimum atomic E-state index is -0.577. The molecular weight excluding hydrogens is 367 g/mol. The van der Waals surface area contributed by atoms with Crippen molar-refractivity contribution in [3.8, 4) is 0 Å². The maximum Gasteiger partial charge on any atom is 0.0884 e. The molecule has 2 aromatic rings. The number of aliphatic hydroxyl groups excluding tert-OH is 1. The third-order valence-electron chi connectivity index (χ3n) is 2.56. The molecule has 0 fully saturated rings. The molecule has 0 saturated heterocycles. The van der Waals surface area contributed by atoms with Crippen molar-refractivity contribution in [3.05, 3.63) is 62.5 Å². The number of aliphatic hydroxyl groups is 1. The Morgan fingerprint density at radius 3 is 2.53 bits per heavy atom. The van der Waals surface area contributed by atoms with E-state index in [1.165, 1.54) is 0 Å². The molecule has 0 aliphatic carbocycles. The van der Waals surface area contributed by atoms with Crippen molar-refractivity contribution in [2.45, 2.75) is 11.0 Å². The molecule has 1 unspecified atom stereocenters. The Morgan fingerprint density at radius 2 is 1.84 bits per heavy atom. The summed E-state index contributed by atoms with van der Waals surface area (Å²) < 4.78 is 1.03. The molecule has 100 valence electrons. The SMILES string of the molecule is OC(CSc1ccccc1Br)c1ccc(Cl)c(Cl)c1. The lowest BCUT2D eigenvalue weighted by Crippen LogP contribution is -2.00. The lowest BCUT2D eigenvalue weighted by atomic mass is 10.1. The monoisotopic (exact) mass is 376 g/mol. The van der Waals surface area contributed by atoms with Crippen molar-refractivity contribution < 1.29 is 5.11 Å². The molecule has 19 heavy (non-hydrogen) atoms. The van der Waals surface area contributed by atoms with E-state index in [0.29, 0.717) is 15.8 Å². The van der Waals surface area contributed by atoms with E-state index in [-0.39, 0.29) is 0 Å².